The van der Waals surface area contributed by atoms with Crippen molar-refractivity contribution in [1.29, 1.82) is 5.26 Å². The minimum atomic E-state index is 0.467. The van der Waals surface area contributed by atoms with Crippen LogP contribution in [-0.4, -0.2) is 20.6 Å². The normalized spacial score (nSPS) is 22.2. The molecule has 1 aliphatic rings. The Bertz CT molecular complexity index is 723. The molecule has 1 aromatic heterocycles. The molecular formula is C15H17N3S2. The fraction of sp³-hybridized carbons (Fsp3) is 0.467. The van der Waals surface area contributed by atoms with E-state index in [4.69, 9.17) is 12.2 Å². The number of rotatable bonds is 3. The average molecular weight is 303 g/mol. The van der Waals surface area contributed by atoms with Gasteiger partial charge in [-0.05, 0) is 49.4 Å². The smallest absolute Gasteiger partial charge is 0.178 e. The van der Waals surface area contributed by atoms with Crippen molar-refractivity contribution in [3.8, 4) is 6.07 Å². The van der Waals surface area contributed by atoms with Crippen LogP contribution < -0.4 is 0 Å². The summed E-state index contributed by atoms with van der Waals surface area (Å²) < 4.78 is 2.97. The molecule has 1 aliphatic carbocycles. The van der Waals surface area contributed by atoms with Gasteiger partial charge in [-0.3, -0.25) is 0 Å². The number of imidazole rings is 1. The SMILES string of the molecule is CCSC1CCC(n2c(=S)[nH]c3c(C#N)cccc32)C1. The standard InChI is InChI=1S/C15H17N3S2/c1-2-20-12-7-6-11(8-12)18-13-5-3-4-10(9-16)14(13)17-15(18)19/h3-5,11-12H,2,6-8H2,1H3,(H,17,19). The molecule has 0 bridgehead atoms. The van der Waals surface area contributed by atoms with Crippen molar-refractivity contribution < 1.29 is 0 Å². The number of fused-ring (bicyclic) bond motifs is 1. The van der Waals surface area contributed by atoms with Crippen LogP contribution in [0.2, 0.25) is 0 Å². The number of nitrogens with one attached hydrogen (secondary N) is 1. The zero-order chi connectivity index (χ0) is 14.1. The Morgan fingerprint density at radius 3 is 3.10 bits per heavy atom. The number of aromatic amines is 1. The van der Waals surface area contributed by atoms with Crippen LogP contribution in [-0.2, 0) is 0 Å². The molecule has 0 radical (unpaired) electrons. The van der Waals surface area contributed by atoms with E-state index in [1.807, 2.05) is 23.9 Å². The first-order valence-corrected chi connectivity index (χ1v) is 8.45. The molecule has 0 spiro atoms. The fourth-order valence-electron chi connectivity index (χ4n) is 3.14. The van der Waals surface area contributed by atoms with E-state index in [-0.39, 0.29) is 0 Å². The highest BCUT2D eigenvalue weighted by atomic mass is 32.2. The number of nitriles is 1. The Balaban J connectivity index is 2.03. The number of hydrogen-bond acceptors (Lipinski definition) is 3. The Kier molecular flexibility index (Phi) is 3.86. The van der Waals surface area contributed by atoms with E-state index in [2.05, 4.69) is 28.6 Å². The molecule has 3 nitrogen and oxygen atoms in total. The van der Waals surface area contributed by atoms with Crippen molar-refractivity contribution >= 4 is 35.0 Å². The quantitative estimate of drug-likeness (QED) is 0.854. The summed E-state index contributed by atoms with van der Waals surface area (Å²) in [5, 5.41) is 9.94. The zero-order valence-electron chi connectivity index (χ0n) is 11.4. The maximum absolute atomic E-state index is 9.20. The summed E-state index contributed by atoms with van der Waals surface area (Å²) in [6.07, 6.45) is 3.61. The fourth-order valence-corrected chi connectivity index (χ4v) is 4.63. The van der Waals surface area contributed by atoms with Crippen LogP contribution in [0.3, 0.4) is 0 Å². The van der Waals surface area contributed by atoms with Gasteiger partial charge in [0.1, 0.15) is 6.07 Å². The van der Waals surface area contributed by atoms with Crippen LogP contribution in [0.4, 0.5) is 0 Å². The Morgan fingerprint density at radius 2 is 2.35 bits per heavy atom. The Labute approximate surface area is 128 Å². The summed E-state index contributed by atoms with van der Waals surface area (Å²) >= 11 is 7.54. The molecule has 2 aromatic rings. The molecule has 1 fully saturated rings. The highest BCUT2D eigenvalue weighted by Crippen LogP contribution is 2.38. The van der Waals surface area contributed by atoms with Crippen molar-refractivity contribution in [2.45, 2.75) is 37.5 Å². The Hall–Kier alpha value is -1.25. The van der Waals surface area contributed by atoms with Gasteiger partial charge in [0.05, 0.1) is 16.6 Å². The number of H-pyrrole nitrogens is 1. The summed E-state index contributed by atoms with van der Waals surface area (Å²) in [5.74, 6) is 1.18. The highest BCUT2D eigenvalue weighted by Gasteiger charge is 2.27. The average Bonchev–Trinajstić information content (AvgIpc) is 3.01. The molecule has 0 saturated heterocycles. The molecule has 1 heterocycles. The first-order chi connectivity index (χ1) is 9.74. The minimum Gasteiger partial charge on any atom is -0.329 e. The summed E-state index contributed by atoms with van der Waals surface area (Å²) in [7, 11) is 0. The van der Waals surface area contributed by atoms with Crippen LogP contribution >= 0.6 is 24.0 Å². The molecule has 104 valence electrons. The molecule has 0 amide bonds. The van der Waals surface area contributed by atoms with E-state index >= 15 is 0 Å². The third-order valence-corrected chi connectivity index (χ3v) is 5.53. The number of para-hydroxylation sites is 1. The van der Waals surface area contributed by atoms with Gasteiger partial charge in [0.25, 0.3) is 0 Å². The van der Waals surface area contributed by atoms with E-state index < -0.39 is 0 Å². The monoisotopic (exact) mass is 303 g/mol. The van der Waals surface area contributed by atoms with Gasteiger partial charge in [-0.2, -0.15) is 17.0 Å². The van der Waals surface area contributed by atoms with Crippen molar-refractivity contribution in [3.05, 3.63) is 28.5 Å². The number of thioether (sulfide) groups is 1. The lowest BCUT2D eigenvalue weighted by molar-refractivity contribution is 0.527. The number of nitrogens with zero attached hydrogens (tertiary/aromatic N) is 2. The van der Waals surface area contributed by atoms with Crippen LogP contribution in [0.1, 0.15) is 37.8 Å². The van der Waals surface area contributed by atoms with E-state index in [0.717, 1.165) is 21.1 Å². The largest absolute Gasteiger partial charge is 0.329 e. The predicted octanol–water partition coefficient (Wildman–Crippen LogP) is 4.42. The van der Waals surface area contributed by atoms with Gasteiger partial charge in [0.15, 0.2) is 4.77 Å². The Morgan fingerprint density at radius 1 is 1.50 bits per heavy atom. The second kappa shape index (κ2) is 5.63. The molecule has 5 heteroatoms. The van der Waals surface area contributed by atoms with Gasteiger partial charge < -0.3 is 9.55 Å². The molecule has 2 unspecified atom stereocenters. The number of hydrogen-bond donors (Lipinski definition) is 1. The molecule has 0 aliphatic heterocycles. The third-order valence-electron chi connectivity index (χ3n) is 4.00. The lowest BCUT2D eigenvalue weighted by atomic mass is 10.2. The summed E-state index contributed by atoms with van der Waals surface area (Å²) in [4.78, 5) is 3.22. The van der Waals surface area contributed by atoms with E-state index in [1.54, 1.807) is 0 Å². The molecule has 1 saturated carbocycles. The maximum atomic E-state index is 9.20. The number of aromatic nitrogens is 2. The van der Waals surface area contributed by atoms with E-state index in [9.17, 15) is 5.26 Å². The number of benzene rings is 1. The first kappa shape index (κ1) is 13.7. The van der Waals surface area contributed by atoms with Gasteiger partial charge in [-0.1, -0.05) is 13.0 Å². The minimum absolute atomic E-state index is 0.467. The second-order valence-corrected chi connectivity index (χ2v) is 7.12. The van der Waals surface area contributed by atoms with Crippen LogP contribution in [0, 0.1) is 16.1 Å². The molecule has 2 atom stereocenters. The van der Waals surface area contributed by atoms with Crippen molar-refractivity contribution in [2.75, 3.05) is 5.75 Å². The summed E-state index contributed by atoms with van der Waals surface area (Å²) in [6.45, 7) is 2.22. The van der Waals surface area contributed by atoms with Gasteiger partial charge in [-0.15, -0.1) is 0 Å². The molecular weight excluding hydrogens is 286 g/mol. The topological polar surface area (TPSA) is 44.5 Å². The zero-order valence-corrected chi connectivity index (χ0v) is 13.1. The predicted molar refractivity (Wildman–Crippen MR) is 86.6 cm³/mol. The summed E-state index contributed by atoms with van der Waals surface area (Å²) in [5.41, 5.74) is 2.62. The molecule has 1 aromatic carbocycles. The van der Waals surface area contributed by atoms with Gasteiger partial charge >= 0.3 is 0 Å². The van der Waals surface area contributed by atoms with Gasteiger partial charge in [0.2, 0.25) is 0 Å². The molecule has 3 rings (SSSR count). The third kappa shape index (κ3) is 2.27. The van der Waals surface area contributed by atoms with E-state index in [1.165, 1.54) is 25.0 Å². The van der Waals surface area contributed by atoms with Gasteiger partial charge in [0, 0.05) is 11.3 Å². The molecule has 1 N–H and O–H groups in total. The molecule has 20 heavy (non-hydrogen) atoms. The lowest BCUT2D eigenvalue weighted by Crippen LogP contribution is -2.06. The second-order valence-electron chi connectivity index (χ2n) is 5.16. The lowest BCUT2D eigenvalue weighted by Gasteiger charge is -2.13. The van der Waals surface area contributed by atoms with E-state index in [0.29, 0.717) is 11.6 Å². The van der Waals surface area contributed by atoms with Crippen LogP contribution in [0.15, 0.2) is 18.2 Å². The van der Waals surface area contributed by atoms with Crippen molar-refractivity contribution in [1.82, 2.24) is 9.55 Å². The van der Waals surface area contributed by atoms with Crippen LogP contribution in [0.25, 0.3) is 11.0 Å². The first-order valence-electron chi connectivity index (χ1n) is 6.99. The summed E-state index contributed by atoms with van der Waals surface area (Å²) in [6, 6.07) is 8.53. The van der Waals surface area contributed by atoms with Crippen LogP contribution in [0.5, 0.6) is 0 Å². The highest BCUT2D eigenvalue weighted by molar-refractivity contribution is 7.99. The van der Waals surface area contributed by atoms with Gasteiger partial charge in [-0.25, -0.2) is 0 Å². The van der Waals surface area contributed by atoms with Crippen molar-refractivity contribution in [2.24, 2.45) is 0 Å². The van der Waals surface area contributed by atoms with Crippen molar-refractivity contribution in [3.63, 3.8) is 0 Å². The maximum Gasteiger partial charge on any atom is 0.178 e.